The molecule has 0 saturated carbocycles. The van der Waals surface area contributed by atoms with E-state index >= 15 is 0 Å². The first-order valence-electron chi connectivity index (χ1n) is 7.76. The van der Waals surface area contributed by atoms with Crippen LogP contribution in [0.25, 0.3) is 6.08 Å². The van der Waals surface area contributed by atoms with Gasteiger partial charge in [0.05, 0.1) is 12.0 Å². The fraction of sp³-hybridized carbons (Fsp3) is 0.111. The summed E-state index contributed by atoms with van der Waals surface area (Å²) in [6.07, 6.45) is 2.53. The predicted octanol–water partition coefficient (Wildman–Crippen LogP) is 1.84. The highest BCUT2D eigenvalue weighted by molar-refractivity contribution is 5.93. The number of methoxy groups -OCH3 is 1. The SMILES string of the molecule is COc1ccc(OCC(=O)NNC(=O)/C=C/c2cccc([N+](=O)[O-])c2)cc1. The van der Waals surface area contributed by atoms with Crippen LogP contribution in [-0.2, 0) is 9.59 Å². The number of nitrogens with zero attached hydrogens (tertiary/aromatic N) is 1. The van der Waals surface area contributed by atoms with Crippen LogP contribution in [0, 0.1) is 10.1 Å². The molecule has 0 radical (unpaired) electrons. The highest BCUT2D eigenvalue weighted by Gasteiger charge is 2.06. The maximum atomic E-state index is 11.7. The molecule has 0 unspecified atom stereocenters. The summed E-state index contributed by atoms with van der Waals surface area (Å²) >= 11 is 0. The van der Waals surface area contributed by atoms with Gasteiger partial charge in [0.25, 0.3) is 17.5 Å². The van der Waals surface area contributed by atoms with Crippen molar-refractivity contribution in [1.82, 2.24) is 10.9 Å². The molecule has 140 valence electrons. The Kier molecular flexibility index (Phi) is 6.89. The van der Waals surface area contributed by atoms with Gasteiger partial charge in [-0.3, -0.25) is 30.6 Å². The Morgan fingerprint density at radius 2 is 1.81 bits per heavy atom. The van der Waals surface area contributed by atoms with E-state index in [0.29, 0.717) is 17.1 Å². The summed E-state index contributed by atoms with van der Waals surface area (Å²) in [5.41, 5.74) is 4.78. The zero-order valence-corrected chi connectivity index (χ0v) is 14.4. The summed E-state index contributed by atoms with van der Waals surface area (Å²) < 4.78 is 10.3. The molecular formula is C18H17N3O6. The lowest BCUT2D eigenvalue weighted by Gasteiger charge is -2.08. The number of amides is 2. The van der Waals surface area contributed by atoms with Crippen molar-refractivity contribution in [3.05, 3.63) is 70.3 Å². The average molecular weight is 371 g/mol. The summed E-state index contributed by atoms with van der Waals surface area (Å²) in [7, 11) is 1.54. The first-order chi connectivity index (χ1) is 13.0. The largest absolute Gasteiger partial charge is 0.497 e. The van der Waals surface area contributed by atoms with Gasteiger partial charge < -0.3 is 9.47 Å². The van der Waals surface area contributed by atoms with E-state index in [4.69, 9.17) is 9.47 Å². The molecule has 0 aliphatic carbocycles. The lowest BCUT2D eigenvalue weighted by molar-refractivity contribution is -0.384. The van der Waals surface area contributed by atoms with Gasteiger partial charge in [-0.2, -0.15) is 0 Å². The third kappa shape index (κ3) is 6.50. The molecular weight excluding hydrogens is 354 g/mol. The standard InChI is InChI=1S/C18H17N3O6/c1-26-15-6-8-16(9-7-15)27-12-18(23)20-19-17(22)10-5-13-3-2-4-14(11-13)21(24)25/h2-11H,12H2,1H3,(H,19,22)(H,20,23)/b10-5+. The van der Waals surface area contributed by atoms with Crippen LogP contribution >= 0.6 is 0 Å². The Morgan fingerprint density at radius 3 is 2.48 bits per heavy atom. The molecule has 0 bridgehead atoms. The van der Waals surface area contributed by atoms with E-state index in [2.05, 4.69) is 10.9 Å². The Balaban J connectivity index is 1.76. The minimum atomic E-state index is -0.598. The van der Waals surface area contributed by atoms with Crippen molar-refractivity contribution in [2.75, 3.05) is 13.7 Å². The fourth-order valence-electron chi connectivity index (χ4n) is 1.94. The Morgan fingerprint density at radius 1 is 1.11 bits per heavy atom. The van der Waals surface area contributed by atoms with Crippen LogP contribution in [-0.4, -0.2) is 30.5 Å². The van der Waals surface area contributed by atoms with Gasteiger partial charge in [-0.05, 0) is 35.9 Å². The van der Waals surface area contributed by atoms with Crippen molar-refractivity contribution in [2.24, 2.45) is 0 Å². The van der Waals surface area contributed by atoms with Crippen LogP contribution in [0.5, 0.6) is 11.5 Å². The molecule has 9 heteroatoms. The molecule has 0 aromatic heterocycles. The number of rotatable bonds is 7. The van der Waals surface area contributed by atoms with Crippen molar-refractivity contribution in [3.8, 4) is 11.5 Å². The number of benzene rings is 2. The summed E-state index contributed by atoms with van der Waals surface area (Å²) in [5, 5.41) is 10.7. The summed E-state index contributed by atoms with van der Waals surface area (Å²) in [6.45, 7) is -0.290. The van der Waals surface area contributed by atoms with Gasteiger partial charge in [-0.1, -0.05) is 12.1 Å². The van der Waals surface area contributed by atoms with E-state index in [-0.39, 0.29) is 12.3 Å². The Hall–Kier alpha value is -3.88. The van der Waals surface area contributed by atoms with Crippen molar-refractivity contribution in [2.45, 2.75) is 0 Å². The molecule has 0 atom stereocenters. The lowest BCUT2D eigenvalue weighted by Crippen LogP contribution is -2.43. The topological polar surface area (TPSA) is 120 Å². The number of carbonyl (C=O) groups is 2. The molecule has 0 spiro atoms. The van der Waals surface area contributed by atoms with Gasteiger partial charge in [0.2, 0.25) is 0 Å². The first kappa shape index (κ1) is 19.4. The number of ether oxygens (including phenoxy) is 2. The molecule has 2 amide bonds. The van der Waals surface area contributed by atoms with Crippen LogP contribution in [0.1, 0.15) is 5.56 Å². The first-order valence-corrected chi connectivity index (χ1v) is 7.76. The molecule has 9 nitrogen and oxygen atoms in total. The minimum absolute atomic E-state index is 0.0819. The van der Waals surface area contributed by atoms with E-state index in [1.54, 1.807) is 37.4 Å². The van der Waals surface area contributed by atoms with Gasteiger partial charge in [0, 0.05) is 18.2 Å². The number of nitro benzene ring substituents is 1. The van der Waals surface area contributed by atoms with E-state index in [1.165, 1.54) is 24.3 Å². The van der Waals surface area contributed by atoms with Gasteiger partial charge in [0.1, 0.15) is 11.5 Å². The number of nitro groups is 1. The second-order valence-corrected chi connectivity index (χ2v) is 5.19. The quantitative estimate of drug-likeness (QED) is 0.435. The second-order valence-electron chi connectivity index (χ2n) is 5.19. The van der Waals surface area contributed by atoms with Crippen molar-refractivity contribution < 1.29 is 24.0 Å². The van der Waals surface area contributed by atoms with Gasteiger partial charge >= 0.3 is 0 Å². The summed E-state index contributed by atoms with van der Waals surface area (Å²) in [5.74, 6) is -0.0142. The van der Waals surface area contributed by atoms with Gasteiger partial charge in [-0.15, -0.1) is 0 Å². The van der Waals surface area contributed by atoms with E-state index in [9.17, 15) is 19.7 Å². The normalized spacial score (nSPS) is 10.3. The van der Waals surface area contributed by atoms with Gasteiger partial charge in [0.15, 0.2) is 6.61 Å². The third-order valence-electron chi connectivity index (χ3n) is 3.26. The smallest absolute Gasteiger partial charge is 0.276 e. The van der Waals surface area contributed by atoms with E-state index in [1.807, 2.05) is 0 Å². The summed E-state index contributed by atoms with van der Waals surface area (Å²) in [4.78, 5) is 33.5. The Bertz CT molecular complexity index is 848. The fourth-order valence-corrected chi connectivity index (χ4v) is 1.94. The van der Waals surface area contributed by atoms with Crippen LogP contribution in [0.2, 0.25) is 0 Å². The van der Waals surface area contributed by atoms with Crippen LogP contribution in [0.3, 0.4) is 0 Å². The van der Waals surface area contributed by atoms with Crippen molar-refractivity contribution in [3.63, 3.8) is 0 Å². The van der Waals surface area contributed by atoms with E-state index in [0.717, 1.165) is 6.08 Å². The Labute approximate surface area is 154 Å². The number of carbonyl (C=O) groups excluding carboxylic acids is 2. The molecule has 2 aromatic carbocycles. The van der Waals surface area contributed by atoms with Crippen LogP contribution < -0.4 is 20.3 Å². The molecule has 2 rings (SSSR count). The van der Waals surface area contributed by atoms with Crippen molar-refractivity contribution >= 4 is 23.6 Å². The molecule has 0 aliphatic rings. The molecule has 0 heterocycles. The average Bonchev–Trinajstić information content (AvgIpc) is 2.69. The van der Waals surface area contributed by atoms with Crippen LogP contribution in [0.4, 0.5) is 5.69 Å². The lowest BCUT2D eigenvalue weighted by atomic mass is 10.2. The number of hydrogen-bond donors (Lipinski definition) is 2. The van der Waals surface area contributed by atoms with Crippen LogP contribution in [0.15, 0.2) is 54.6 Å². The predicted molar refractivity (Wildman–Crippen MR) is 96.9 cm³/mol. The van der Waals surface area contributed by atoms with E-state index < -0.39 is 16.7 Å². The molecule has 0 aliphatic heterocycles. The highest BCUT2D eigenvalue weighted by Crippen LogP contribution is 2.16. The maximum Gasteiger partial charge on any atom is 0.276 e. The zero-order chi connectivity index (χ0) is 19.6. The minimum Gasteiger partial charge on any atom is -0.497 e. The number of hydrogen-bond acceptors (Lipinski definition) is 6. The third-order valence-corrected chi connectivity index (χ3v) is 3.26. The second kappa shape index (κ2) is 9.56. The maximum absolute atomic E-state index is 11.7. The van der Waals surface area contributed by atoms with Gasteiger partial charge in [-0.25, -0.2) is 0 Å². The highest BCUT2D eigenvalue weighted by atomic mass is 16.6. The molecule has 27 heavy (non-hydrogen) atoms. The molecule has 0 fully saturated rings. The molecule has 2 aromatic rings. The number of hydrazine groups is 1. The zero-order valence-electron chi connectivity index (χ0n) is 14.4. The summed E-state index contributed by atoms with van der Waals surface area (Å²) in [6, 6.07) is 12.5. The monoisotopic (exact) mass is 371 g/mol. The number of nitrogens with one attached hydrogen (secondary N) is 2. The number of non-ortho nitro benzene ring substituents is 1. The van der Waals surface area contributed by atoms with Crippen molar-refractivity contribution in [1.29, 1.82) is 0 Å². The molecule has 2 N–H and O–H groups in total. The molecule has 0 saturated heterocycles.